The molecule has 0 aliphatic heterocycles. The van der Waals surface area contributed by atoms with E-state index in [9.17, 15) is 4.79 Å². The maximum Gasteiger partial charge on any atom is 0.341 e. The molecule has 8 nitrogen and oxygen atoms in total. The first-order valence-electron chi connectivity index (χ1n) is 6.36. The molecule has 0 atom stereocenters. The number of hydrogen-bond donors (Lipinski definition) is 2. The first-order chi connectivity index (χ1) is 10.7. The molecule has 0 saturated heterocycles. The molecule has 0 amide bonds. The van der Waals surface area contributed by atoms with Crippen LogP contribution in [0.1, 0.15) is 10.4 Å². The predicted molar refractivity (Wildman–Crippen MR) is 80.6 cm³/mol. The van der Waals surface area contributed by atoms with Crippen LogP contribution in [-0.2, 0) is 4.74 Å². The fourth-order valence-corrected chi connectivity index (χ4v) is 1.98. The van der Waals surface area contributed by atoms with E-state index in [4.69, 9.17) is 10.5 Å². The van der Waals surface area contributed by atoms with Crippen LogP contribution in [0.3, 0.4) is 0 Å². The van der Waals surface area contributed by atoms with Crippen molar-refractivity contribution < 1.29 is 9.53 Å². The number of anilines is 3. The molecular formula is C14H12N6O2. The van der Waals surface area contributed by atoms with Crippen LogP contribution in [0.4, 0.5) is 17.5 Å². The Bertz CT molecular complexity index is 852. The monoisotopic (exact) mass is 296 g/mol. The highest BCUT2D eigenvalue weighted by Crippen LogP contribution is 2.25. The number of nitrogen functional groups attached to an aromatic ring is 1. The highest BCUT2D eigenvalue weighted by molar-refractivity contribution is 5.98. The molecule has 0 radical (unpaired) electrons. The van der Waals surface area contributed by atoms with Crippen molar-refractivity contribution in [3.05, 3.63) is 42.4 Å². The van der Waals surface area contributed by atoms with Gasteiger partial charge in [-0.05, 0) is 18.2 Å². The van der Waals surface area contributed by atoms with Gasteiger partial charge in [-0.1, -0.05) is 0 Å². The number of nitrogens with zero attached hydrogens (tertiary/aromatic N) is 4. The lowest BCUT2D eigenvalue weighted by Gasteiger charge is -2.11. The van der Waals surface area contributed by atoms with Gasteiger partial charge in [-0.3, -0.25) is 4.98 Å². The second-order valence-corrected chi connectivity index (χ2v) is 4.34. The lowest BCUT2D eigenvalue weighted by molar-refractivity contribution is 0.0601. The summed E-state index contributed by atoms with van der Waals surface area (Å²) in [6.07, 6.45) is 4.59. The second-order valence-electron chi connectivity index (χ2n) is 4.34. The van der Waals surface area contributed by atoms with Crippen molar-refractivity contribution in [1.82, 2.24) is 19.9 Å². The Kier molecular flexibility index (Phi) is 3.48. The fourth-order valence-electron chi connectivity index (χ4n) is 1.98. The molecule has 0 aromatic carbocycles. The van der Waals surface area contributed by atoms with E-state index in [0.29, 0.717) is 28.1 Å². The lowest BCUT2D eigenvalue weighted by atomic mass is 10.2. The molecule has 8 heteroatoms. The zero-order chi connectivity index (χ0) is 15.5. The van der Waals surface area contributed by atoms with Gasteiger partial charge in [0.2, 0.25) is 5.95 Å². The van der Waals surface area contributed by atoms with Crippen LogP contribution in [0, 0.1) is 0 Å². The fraction of sp³-hybridized carbons (Fsp3) is 0.0714. The van der Waals surface area contributed by atoms with Gasteiger partial charge in [0.1, 0.15) is 11.4 Å². The van der Waals surface area contributed by atoms with E-state index in [-0.39, 0.29) is 5.95 Å². The number of esters is 1. The third kappa shape index (κ3) is 2.49. The highest BCUT2D eigenvalue weighted by atomic mass is 16.5. The van der Waals surface area contributed by atoms with Gasteiger partial charge in [-0.15, -0.1) is 0 Å². The standard InChI is InChI=1S/C14H12N6O2/c1-22-13(21)9-7-16-6-4-10(9)18-12-8-3-2-5-17-11(8)19-14(15)20-12/h2-7H,1H3,(H3,15,16,17,18,19,20). The van der Waals surface area contributed by atoms with E-state index >= 15 is 0 Å². The van der Waals surface area contributed by atoms with E-state index < -0.39 is 5.97 Å². The van der Waals surface area contributed by atoms with Gasteiger partial charge < -0.3 is 15.8 Å². The summed E-state index contributed by atoms with van der Waals surface area (Å²) >= 11 is 0. The molecule has 0 fully saturated rings. The molecule has 0 saturated carbocycles. The number of pyridine rings is 2. The van der Waals surface area contributed by atoms with Crippen LogP contribution < -0.4 is 11.1 Å². The number of carbonyl (C=O) groups excluding carboxylic acids is 1. The summed E-state index contributed by atoms with van der Waals surface area (Å²) in [4.78, 5) is 28.1. The third-order valence-corrected chi connectivity index (χ3v) is 2.97. The minimum Gasteiger partial charge on any atom is -0.465 e. The van der Waals surface area contributed by atoms with Crippen molar-refractivity contribution in [3.63, 3.8) is 0 Å². The smallest absolute Gasteiger partial charge is 0.341 e. The Morgan fingerprint density at radius 1 is 1.27 bits per heavy atom. The van der Waals surface area contributed by atoms with Crippen LogP contribution in [0.25, 0.3) is 11.0 Å². The molecule has 0 aliphatic carbocycles. The maximum atomic E-state index is 11.8. The van der Waals surface area contributed by atoms with Gasteiger partial charge in [0.15, 0.2) is 5.65 Å². The molecule has 0 spiro atoms. The van der Waals surface area contributed by atoms with Gasteiger partial charge in [-0.25, -0.2) is 9.78 Å². The number of methoxy groups -OCH3 is 1. The van der Waals surface area contributed by atoms with Gasteiger partial charge in [0.25, 0.3) is 0 Å². The summed E-state index contributed by atoms with van der Waals surface area (Å²) in [7, 11) is 1.31. The molecule has 110 valence electrons. The highest BCUT2D eigenvalue weighted by Gasteiger charge is 2.14. The largest absolute Gasteiger partial charge is 0.465 e. The molecule has 3 heterocycles. The number of ether oxygens (including phenoxy) is 1. The number of rotatable bonds is 3. The van der Waals surface area contributed by atoms with Crippen molar-refractivity contribution in [2.75, 3.05) is 18.2 Å². The Hall–Kier alpha value is -3.29. The zero-order valence-electron chi connectivity index (χ0n) is 11.6. The quantitative estimate of drug-likeness (QED) is 0.699. The molecule has 0 aliphatic rings. The Morgan fingerprint density at radius 3 is 2.95 bits per heavy atom. The van der Waals surface area contributed by atoms with E-state index in [1.807, 2.05) is 6.07 Å². The average molecular weight is 296 g/mol. The second kappa shape index (κ2) is 5.60. The van der Waals surface area contributed by atoms with Crippen LogP contribution in [0.2, 0.25) is 0 Å². The maximum absolute atomic E-state index is 11.8. The molecule has 0 unspecified atom stereocenters. The first kappa shape index (κ1) is 13.7. The molecule has 22 heavy (non-hydrogen) atoms. The first-order valence-corrected chi connectivity index (χ1v) is 6.36. The molecular weight excluding hydrogens is 284 g/mol. The number of fused-ring (bicyclic) bond motifs is 1. The van der Waals surface area contributed by atoms with Crippen molar-refractivity contribution >= 4 is 34.5 Å². The zero-order valence-corrected chi connectivity index (χ0v) is 11.6. The Morgan fingerprint density at radius 2 is 2.14 bits per heavy atom. The summed E-state index contributed by atoms with van der Waals surface area (Å²) in [5, 5.41) is 3.74. The summed E-state index contributed by atoms with van der Waals surface area (Å²) in [5.74, 6) is 0.0365. The summed E-state index contributed by atoms with van der Waals surface area (Å²) in [6, 6.07) is 5.22. The van der Waals surface area contributed by atoms with Crippen molar-refractivity contribution in [1.29, 1.82) is 0 Å². The van der Waals surface area contributed by atoms with Crippen LogP contribution in [0.5, 0.6) is 0 Å². The van der Waals surface area contributed by atoms with Gasteiger partial charge >= 0.3 is 5.97 Å². The molecule has 3 rings (SSSR count). The lowest BCUT2D eigenvalue weighted by Crippen LogP contribution is -2.08. The van der Waals surface area contributed by atoms with Crippen molar-refractivity contribution in [2.24, 2.45) is 0 Å². The van der Waals surface area contributed by atoms with Gasteiger partial charge in [-0.2, -0.15) is 9.97 Å². The Labute approximate surface area is 125 Å². The van der Waals surface area contributed by atoms with Crippen molar-refractivity contribution in [2.45, 2.75) is 0 Å². The third-order valence-electron chi connectivity index (χ3n) is 2.97. The number of nitrogens with two attached hydrogens (primary N) is 1. The summed E-state index contributed by atoms with van der Waals surface area (Å²) in [6.45, 7) is 0. The van der Waals surface area contributed by atoms with Crippen LogP contribution in [-0.4, -0.2) is 33.0 Å². The Balaban J connectivity index is 2.10. The van der Waals surface area contributed by atoms with Gasteiger partial charge in [0.05, 0.1) is 18.2 Å². The van der Waals surface area contributed by atoms with E-state index in [1.165, 1.54) is 13.3 Å². The molecule has 3 aromatic heterocycles. The van der Waals surface area contributed by atoms with Crippen molar-refractivity contribution in [3.8, 4) is 0 Å². The topological polar surface area (TPSA) is 116 Å². The summed E-state index contributed by atoms with van der Waals surface area (Å²) < 4.78 is 4.74. The molecule has 3 aromatic rings. The molecule has 0 bridgehead atoms. The minimum absolute atomic E-state index is 0.0855. The van der Waals surface area contributed by atoms with E-state index in [0.717, 1.165) is 0 Å². The SMILES string of the molecule is COC(=O)c1cnccc1Nc1nc(N)nc2ncccc12. The normalized spacial score (nSPS) is 10.4. The summed E-state index contributed by atoms with van der Waals surface area (Å²) in [5.41, 5.74) is 6.96. The number of nitrogens with one attached hydrogen (secondary N) is 1. The van der Waals surface area contributed by atoms with Crippen LogP contribution >= 0.6 is 0 Å². The number of aromatic nitrogens is 4. The van der Waals surface area contributed by atoms with E-state index in [2.05, 4.69) is 25.3 Å². The van der Waals surface area contributed by atoms with Gasteiger partial charge in [0, 0.05) is 18.6 Å². The number of hydrogen-bond acceptors (Lipinski definition) is 8. The number of carbonyl (C=O) groups is 1. The predicted octanol–water partition coefficient (Wildman–Crippen LogP) is 1.53. The molecule has 3 N–H and O–H groups in total. The van der Waals surface area contributed by atoms with E-state index in [1.54, 1.807) is 24.5 Å². The average Bonchev–Trinajstić information content (AvgIpc) is 2.54. The van der Waals surface area contributed by atoms with Crippen LogP contribution in [0.15, 0.2) is 36.8 Å². The minimum atomic E-state index is -0.500.